The zero-order chi connectivity index (χ0) is 29.2. The molecule has 0 aliphatic carbocycles. The summed E-state index contributed by atoms with van der Waals surface area (Å²) < 4.78 is 31.7. The quantitative estimate of drug-likeness (QED) is 0.235. The fourth-order valence-corrected chi connectivity index (χ4v) is 3.57. The number of rotatable bonds is 9. The second-order valence-corrected chi connectivity index (χ2v) is 9.36. The van der Waals surface area contributed by atoms with Gasteiger partial charge in [0.05, 0.1) is 19.3 Å². The zero-order valence-electron chi connectivity index (χ0n) is 22.8. The molecule has 0 unspecified atom stereocenters. The predicted molar refractivity (Wildman–Crippen MR) is 128 cm³/mol. The van der Waals surface area contributed by atoms with E-state index in [4.69, 9.17) is 28.4 Å². The van der Waals surface area contributed by atoms with Crippen molar-refractivity contribution in [2.45, 2.75) is 90.9 Å². The molecule has 1 fully saturated rings. The Bertz CT molecular complexity index is 939. The molecule has 0 aromatic rings. The van der Waals surface area contributed by atoms with Crippen LogP contribution in [-0.2, 0) is 52.4 Å². The first-order valence-corrected chi connectivity index (χ1v) is 11.7. The van der Waals surface area contributed by atoms with Crippen molar-refractivity contribution in [3.63, 3.8) is 0 Å². The molecule has 1 aliphatic heterocycles. The Morgan fingerprint density at radius 3 is 1.92 bits per heavy atom. The summed E-state index contributed by atoms with van der Waals surface area (Å²) in [7, 11) is 1.11. The monoisotopic (exact) mass is 544 g/mol. The number of carbonyl (C=O) groups is 6. The Hall–Kier alpha value is -3.68. The Kier molecular flexibility index (Phi) is 12.2. The van der Waals surface area contributed by atoms with Gasteiger partial charge in [-0.25, -0.2) is 9.59 Å². The summed E-state index contributed by atoms with van der Waals surface area (Å²) in [6, 6.07) is -1.08. The van der Waals surface area contributed by atoms with E-state index in [0.717, 1.165) is 21.0 Å². The van der Waals surface area contributed by atoms with E-state index >= 15 is 0 Å². The molecule has 38 heavy (non-hydrogen) atoms. The van der Waals surface area contributed by atoms with E-state index in [0.29, 0.717) is 0 Å². The third-order valence-corrected chi connectivity index (χ3v) is 4.81. The van der Waals surface area contributed by atoms with Gasteiger partial charge in [0, 0.05) is 27.7 Å². The molecule has 214 valence electrons. The van der Waals surface area contributed by atoms with Crippen LogP contribution in [0.5, 0.6) is 0 Å². The molecule has 0 aromatic carbocycles. The summed E-state index contributed by atoms with van der Waals surface area (Å²) in [6.07, 6.45) is -4.44. The Balaban J connectivity index is 3.45. The fraction of sp³-hybridized carbons (Fsp3) is 0.667. The van der Waals surface area contributed by atoms with Gasteiger partial charge in [-0.2, -0.15) is 0 Å². The smallest absolute Gasteiger partial charge is 0.412 e. The topological polar surface area (TPSA) is 182 Å². The summed E-state index contributed by atoms with van der Waals surface area (Å²) in [6.45, 7) is 9.17. The minimum Gasteiger partial charge on any atom is -0.464 e. The normalized spacial score (nSPS) is 23.4. The fourth-order valence-electron chi connectivity index (χ4n) is 3.57. The molecule has 0 radical (unpaired) electrons. The molecule has 2 N–H and O–H groups in total. The minimum absolute atomic E-state index is 0.147. The second kappa shape index (κ2) is 14.3. The lowest BCUT2D eigenvalue weighted by molar-refractivity contribution is -0.223. The molecule has 0 spiro atoms. The van der Waals surface area contributed by atoms with Crippen LogP contribution in [0.1, 0.15) is 54.9 Å². The SMILES string of the molecule is COC(=O)/C(=C\C[C@@H]1O[C@H](COC(C)=O)[C@@H](OC(C)=O)[C@H](OC(C)=O)[C@H]1NC(C)=O)NC(=O)OC(C)(C)C. The van der Waals surface area contributed by atoms with Crippen molar-refractivity contribution in [1.29, 1.82) is 0 Å². The van der Waals surface area contributed by atoms with Crippen molar-refractivity contribution >= 4 is 35.9 Å². The molecule has 5 atom stereocenters. The van der Waals surface area contributed by atoms with Crippen LogP contribution >= 0.6 is 0 Å². The number of amides is 2. The summed E-state index contributed by atoms with van der Waals surface area (Å²) >= 11 is 0. The second-order valence-electron chi connectivity index (χ2n) is 9.36. The molecule has 1 aliphatic rings. The van der Waals surface area contributed by atoms with Crippen molar-refractivity contribution in [2.75, 3.05) is 13.7 Å². The van der Waals surface area contributed by atoms with Crippen molar-refractivity contribution < 1.29 is 57.2 Å². The van der Waals surface area contributed by atoms with Crippen molar-refractivity contribution in [1.82, 2.24) is 10.6 Å². The maximum absolute atomic E-state index is 12.3. The third kappa shape index (κ3) is 11.2. The molecule has 14 nitrogen and oxygen atoms in total. The zero-order valence-corrected chi connectivity index (χ0v) is 22.8. The lowest BCUT2D eigenvalue weighted by Gasteiger charge is -2.45. The summed E-state index contributed by atoms with van der Waals surface area (Å²) in [4.78, 5) is 71.8. The third-order valence-electron chi connectivity index (χ3n) is 4.81. The number of methoxy groups -OCH3 is 1. The van der Waals surface area contributed by atoms with Crippen LogP contribution in [0.4, 0.5) is 4.79 Å². The average molecular weight is 545 g/mol. The van der Waals surface area contributed by atoms with Crippen LogP contribution in [0.25, 0.3) is 0 Å². The van der Waals surface area contributed by atoms with Gasteiger partial charge in [0.15, 0.2) is 12.2 Å². The molecule has 0 saturated carbocycles. The first kappa shape index (κ1) is 32.3. The molecular formula is C24H36N2O12. The van der Waals surface area contributed by atoms with Crippen molar-refractivity contribution in [2.24, 2.45) is 0 Å². The standard InChI is InChI=1S/C24H36N2O12/c1-12(27)25-19-17(10-9-16(22(31)33-8)26-23(32)38-24(5,6)7)37-18(11-34-13(2)28)20(35-14(3)29)21(19)36-15(4)30/h9,17-21H,10-11H2,1-8H3,(H,25,27)(H,26,32)/b16-9+/t17-,18+,19-,20+,21+/m0/s1. The van der Waals surface area contributed by atoms with Crippen LogP contribution in [0.3, 0.4) is 0 Å². The summed E-state index contributed by atoms with van der Waals surface area (Å²) in [5, 5.41) is 4.92. The summed E-state index contributed by atoms with van der Waals surface area (Å²) in [5.74, 6) is -3.54. The molecular weight excluding hydrogens is 508 g/mol. The average Bonchev–Trinajstić information content (AvgIpc) is 2.75. The van der Waals surface area contributed by atoms with Crippen LogP contribution < -0.4 is 10.6 Å². The van der Waals surface area contributed by atoms with Crippen molar-refractivity contribution in [3.05, 3.63) is 11.8 Å². The van der Waals surface area contributed by atoms with Crippen LogP contribution in [0, 0.1) is 0 Å². The van der Waals surface area contributed by atoms with Gasteiger partial charge >= 0.3 is 30.0 Å². The number of ether oxygens (including phenoxy) is 6. The molecule has 1 saturated heterocycles. The highest BCUT2D eigenvalue weighted by Gasteiger charge is 2.50. The van der Waals surface area contributed by atoms with Gasteiger partial charge in [0.1, 0.15) is 24.0 Å². The van der Waals surface area contributed by atoms with Crippen LogP contribution in [-0.4, -0.2) is 85.7 Å². The van der Waals surface area contributed by atoms with E-state index in [1.165, 1.54) is 19.9 Å². The van der Waals surface area contributed by atoms with Crippen molar-refractivity contribution in [3.8, 4) is 0 Å². The number of esters is 4. The van der Waals surface area contributed by atoms with E-state index in [1.807, 2.05) is 0 Å². The molecule has 2 amide bonds. The molecule has 14 heteroatoms. The predicted octanol–water partition coefficient (Wildman–Crippen LogP) is 0.657. The largest absolute Gasteiger partial charge is 0.464 e. The Labute approximate surface area is 220 Å². The highest BCUT2D eigenvalue weighted by atomic mass is 16.6. The van der Waals surface area contributed by atoms with Gasteiger partial charge in [0.2, 0.25) is 5.91 Å². The van der Waals surface area contributed by atoms with Crippen LogP contribution in [0.2, 0.25) is 0 Å². The van der Waals surface area contributed by atoms with Gasteiger partial charge in [-0.1, -0.05) is 6.08 Å². The van der Waals surface area contributed by atoms with E-state index in [9.17, 15) is 28.8 Å². The highest BCUT2D eigenvalue weighted by Crippen LogP contribution is 2.29. The molecule has 0 aromatic heterocycles. The number of nitrogens with one attached hydrogen (secondary N) is 2. The molecule has 1 rings (SSSR count). The summed E-state index contributed by atoms with van der Waals surface area (Å²) in [5.41, 5.74) is -1.13. The van der Waals surface area contributed by atoms with Crippen LogP contribution in [0.15, 0.2) is 11.8 Å². The number of hydrogen-bond acceptors (Lipinski definition) is 12. The Morgan fingerprint density at radius 2 is 1.45 bits per heavy atom. The lowest BCUT2D eigenvalue weighted by Crippen LogP contribution is -2.66. The van der Waals surface area contributed by atoms with E-state index in [1.54, 1.807) is 20.8 Å². The van der Waals surface area contributed by atoms with E-state index in [-0.39, 0.29) is 18.7 Å². The maximum atomic E-state index is 12.3. The van der Waals surface area contributed by atoms with Gasteiger partial charge in [-0.3, -0.25) is 24.5 Å². The minimum atomic E-state index is -1.26. The van der Waals surface area contributed by atoms with E-state index < -0.39 is 71.9 Å². The number of hydrogen-bond donors (Lipinski definition) is 2. The van der Waals surface area contributed by atoms with Gasteiger partial charge < -0.3 is 33.7 Å². The molecule has 0 bridgehead atoms. The van der Waals surface area contributed by atoms with Gasteiger partial charge in [-0.15, -0.1) is 0 Å². The molecule has 1 heterocycles. The van der Waals surface area contributed by atoms with Gasteiger partial charge in [0.25, 0.3) is 0 Å². The van der Waals surface area contributed by atoms with E-state index in [2.05, 4.69) is 10.6 Å². The number of alkyl carbamates (subject to hydrolysis) is 1. The first-order chi connectivity index (χ1) is 17.5. The lowest BCUT2D eigenvalue weighted by atomic mass is 9.90. The van der Waals surface area contributed by atoms with Gasteiger partial charge in [-0.05, 0) is 27.2 Å². The highest BCUT2D eigenvalue weighted by molar-refractivity contribution is 5.92. The maximum Gasteiger partial charge on any atom is 0.412 e. The number of carbonyl (C=O) groups excluding carboxylic acids is 6. The Morgan fingerprint density at radius 1 is 0.868 bits per heavy atom. The first-order valence-electron chi connectivity index (χ1n) is 11.7.